The first-order valence-electron chi connectivity index (χ1n) is 7.74. The standard InChI is InChI=1S/C17H22N2O6/c1-12(6-7-16(22)18-11-21)19(2)8-14-13(9-20)4-3-5-15(14)25-10-17(23)24/h3-5,9,11-12H,6-8,10H2,1-2H3,(H,23,24)(H,18,21,22). The maximum Gasteiger partial charge on any atom is 0.341 e. The number of carboxylic acids is 1. The maximum absolute atomic E-state index is 11.3. The lowest BCUT2D eigenvalue weighted by molar-refractivity contribution is -0.139. The molecule has 0 spiro atoms. The van der Waals surface area contributed by atoms with Gasteiger partial charge in [0.05, 0.1) is 0 Å². The molecule has 0 heterocycles. The summed E-state index contributed by atoms with van der Waals surface area (Å²) in [4.78, 5) is 45.5. The van der Waals surface area contributed by atoms with Gasteiger partial charge >= 0.3 is 5.97 Å². The van der Waals surface area contributed by atoms with Crippen molar-refractivity contribution in [2.45, 2.75) is 32.4 Å². The number of hydrogen-bond acceptors (Lipinski definition) is 6. The molecule has 8 nitrogen and oxygen atoms in total. The van der Waals surface area contributed by atoms with E-state index < -0.39 is 12.6 Å². The van der Waals surface area contributed by atoms with Gasteiger partial charge in [0, 0.05) is 30.1 Å². The van der Waals surface area contributed by atoms with Crippen molar-refractivity contribution in [3.8, 4) is 5.75 Å². The number of rotatable bonds is 11. The smallest absolute Gasteiger partial charge is 0.341 e. The summed E-state index contributed by atoms with van der Waals surface area (Å²) < 4.78 is 5.26. The van der Waals surface area contributed by atoms with E-state index in [0.29, 0.717) is 42.5 Å². The molecule has 0 saturated carbocycles. The quantitative estimate of drug-likeness (QED) is 0.568. The van der Waals surface area contributed by atoms with Gasteiger partial charge in [-0.05, 0) is 26.5 Å². The van der Waals surface area contributed by atoms with Crippen LogP contribution in [-0.2, 0) is 20.9 Å². The third kappa shape index (κ3) is 6.72. The second kappa shape index (κ2) is 10.2. The van der Waals surface area contributed by atoms with E-state index in [2.05, 4.69) is 5.32 Å². The lowest BCUT2D eigenvalue weighted by Crippen LogP contribution is -2.31. The molecule has 1 aromatic carbocycles. The largest absolute Gasteiger partial charge is 0.482 e. The Morgan fingerprint density at radius 1 is 1.36 bits per heavy atom. The summed E-state index contributed by atoms with van der Waals surface area (Å²) in [5.74, 6) is -1.12. The van der Waals surface area contributed by atoms with Gasteiger partial charge in [-0.25, -0.2) is 4.79 Å². The number of hydrogen-bond donors (Lipinski definition) is 2. The predicted molar refractivity (Wildman–Crippen MR) is 89.3 cm³/mol. The minimum Gasteiger partial charge on any atom is -0.482 e. The molecular weight excluding hydrogens is 328 g/mol. The molecule has 2 amide bonds. The van der Waals surface area contributed by atoms with E-state index in [0.717, 1.165) is 0 Å². The van der Waals surface area contributed by atoms with E-state index in [1.165, 1.54) is 0 Å². The van der Waals surface area contributed by atoms with Crippen LogP contribution in [0, 0.1) is 0 Å². The second-order valence-electron chi connectivity index (χ2n) is 5.61. The van der Waals surface area contributed by atoms with Crippen LogP contribution < -0.4 is 10.1 Å². The molecule has 0 bridgehead atoms. The van der Waals surface area contributed by atoms with Crippen molar-refractivity contribution >= 4 is 24.6 Å². The minimum absolute atomic E-state index is 0.00978. The number of carbonyl (C=O) groups excluding carboxylic acids is 3. The van der Waals surface area contributed by atoms with E-state index in [9.17, 15) is 19.2 Å². The summed E-state index contributed by atoms with van der Waals surface area (Å²) >= 11 is 0. The minimum atomic E-state index is -1.11. The van der Waals surface area contributed by atoms with Gasteiger partial charge in [-0.1, -0.05) is 12.1 Å². The molecule has 0 fully saturated rings. The zero-order chi connectivity index (χ0) is 18.8. The second-order valence-corrected chi connectivity index (χ2v) is 5.61. The van der Waals surface area contributed by atoms with Crippen LogP contribution in [0.15, 0.2) is 18.2 Å². The van der Waals surface area contributed by atoms with Crippen molar-refractivity contribution in [1.82, 2.24) is 10.2 Å². The summed E-state index contributed by atoms with van der Waals surface area (Å²) in [6, 6.07) is 4.86. The SMILES string of the molecule is CC(CCC(=O)NC=O)N(C)Cc1c(C=O)cccc1OCC(=O)O. The molecule has 0 aliphatic rings. The predicted octanol–water partition coefficient (Wildman–Crippen LogP) is 0.836. The summed E-state index contributed by atoms with van der Waals surface area (Å²) in [5.41, 5.74) is 1.01. The highest BCUT2D eigenvalue weighted by atomic mass is 16.5. The molecule has 0 aliphatic heterocycles. The van der Waals surface area contributed by atoms with E-state index in [1.54, 1.807) is 18.2 Å². The van der Waals surface area contributed by atoms with Crippen LogP contribution in [0.25, 0.3) is 0 Å². The van der Waals surface area contributed by atoms with E-state index >= 15 is 0 Å². The number of amides is 2. The molecule has 1 unspecified atom stereocenters. The van der Waals surface area contributed by atoms with E-state index in [-0.39, 0.29) is 18.4 Å². The summed E-state index contributed by atoms with van der Waals surface area (Å²) in [6.45, 7) is 1.76. The lowest BCUT2D eigenvalue weighted by Gasteiger charge is -2.26. The number of imide groups is 1. The van der Waals surface area contributed by atoms with Gasteiger partial charge in [0.25, 0.3) is 0 Å². The van der Waals surface area contributed by atoms with Gasteiger partial charge in [-0.2, -0.15) is 0 Å². The Labute approximate surface area is 145 Å². The number of ether oxygens (including phenoxy) is 1. The third-order valence-electron chi connectivity index (χ3n) is 3.82. The van der Waals surface area contributed by atoms with Crippen LogP contribution in [0.5, 0.6) is 5.75 Å². The van der Waals surface area contributed by atoms with Gasteiger partial charge in [0.2, 0.25) is 12.3 Å². The highest BCUT2D eigenvalue weighted by Gasteiger charge is 2.17. The average Bonchev–Trinajstić information content (AvgIpc) is 2.58. The molecule has 25 heavy (non-hydrogen) atoms. The number of nitrogens with zero attached hydrogens (tertiary/aromatic N) is 1. The molecule has 1 aromatic rings. The fraction of sp³-hybridized carbons (Fsp3) is 0.412. The summed E-state index contributed by atoms with van der Waals surface area (Å²) in [5, 5.41) is 10.8. The van der Waals surface area contributed by atoms with Crippen LogP contribution >= 0.6 is 0 Å². The zero-order valence-electron chi connectivity index (χ0n) is 14.2. The molecule has 136 valence electrons. The summed E-state index contributed by atoms with van der Waals surface area (Å²) in [7, 11) is 1.82. The van der Waals surface area contributed by atoms with Crippen molar-refractivity contribution < 1.29 is 29.0 Å². The van der Waals surface area contributed by atoms with Crippen LogP contribution in [-0.4, -0.2) is 54.3 Å². The van der Waals surface area contributed by atoms with Crippen molar-refractivity contribution in [1.29, 1.82) is 0 Å². The monoisotopic (exact) mass is 350 g/mol. The highest BCUT2D eigenvalue weighted by Crippen LogP contribution is 2.24. The van der Waals surface area contributed by atoms with Crippen LogP contribution in [0.3, 0.4) is 0 Å². The molecule has 0 saturated heterocycles. The maximum atomic E-state index is 11.3. The fourth-order valence-electron chi connectivity index (χ4n) is 2.24. The number of carbonyl (C=O) groups is 4. The first-order valence-corrected chi connectivity index (χ1v) is 7.74. The van der Waals surface area contributed by atoms with E-state index in [1.807, 2.05) is 18.9 Å². The van der Waals surface area contributed by atoms with Crippen molar-refractivity contribution in [2.24, 2.45) is 0 Å². The number of aldehydes is 1. The van der Waals surface area contributed by atoms with Gasteiger partial charge in [0.1, 0.15) is 5.75 Å². The number of carboxylic acid groups (broad SMARTS) is 1. The molecule has 0 radical (unpaired) electrons. The summed E-state index contributed by atoms with van der Waals surface area (Å²) in [6.07, 6.45) is 1.76. The molecule has 8 heteroatoms. The Kier molecular flexibility index (Phi) is 8.28. The molecular formula is C17H22N2O6. The molecule has 1 rings (SSSR count). The topological polar surface area (TPSA) is 113 Å². The Bertz CT molecular complexity index is 632. The molecule has 2 N–H and O–H groups in total. The van der Waals surface area contributed by atoms with Gasteiger partial charge < -0.3 is 9.84 Å². The van der Waals surface area contributed by atoms with Gasteiger partial charge in [0.15, 0.2) is 12.9 Å². The lowest BCUT2D eigenvalue weighted by atomic mass is 10.0. The normalized spacial score (nSPS) is 11.6. The van der Waals surface area contributed by atoms with Crippen LogP contribution in [0.4, 0.5) is 0 Å². The Morgan fingerprint density at radius 2 is 2.08 bits per heavy atom. The molecule has 1 atom stereocenters. The van der Waals surface area contributed by atoms with E-state index in [4.69, 9.17) is 9.84 Å². The first-order chi connectivity index (χ1) is 11.9. The Hall–Kier alpha value is -2.74. The van der Waals surface area contributed by atoms with Crippen molar-refractivity contribution in [3.63, 3.8) is 0 Å². The van der Waals surface area contributed by atoms with Crippen LogP contribution in [0.1, 0.15) is 35.7 Å². The molecule has 0 aliphatic carbocycles. The van der Waals surface area contributed by atoms with Crippen molar-refractivity contribution in [2.75, 3.05) is 13.7 Å². The van der Waals surface area contributed by atoms with Crippen LogP contribution in [0.2, 0.25) is 0 Å². The van der Waals surface area contributed by atoms with Gasteiger partial charge in [-0.15, -0.1) is 0 Å². The number of aliphatic carboxylic acids is 1. The molecule has 0 aromatic heterocycles. The number of benzene rings is 1. The highest BCUT2D eigenvalue weighted by molar-refractivity contribution is 5.85. The zero-order valence-corrected chi connectivity index (χ0v) is 14.2. The average molecular weight is 350 g/mol. The Balaban J connectivity index is 2.81. The third-order valence-corrected chi connectivity index (χ3v) is 3.82. The van der Waals surface area contributed by atoms with Crippen molar-refractivity contribution in [3.05, 3.63) is 29.3 Å². The fourth-order valence-corrected chi connectivity index (χ4v) is 2.24. The first kappa shape index (κ1) is 20.3. The number of nitrogens with one attached hydrogen (secondary N) is 1. The Morgan fingerprint density at radius 3 is 2.68 bits per heavy atom. The van der Waals surface area contributed by atoms with Gasteiger partial charge in [-0.3, -0.25) is 24.6 Å².